The molecule has 0 saturated carbocycles. The zero-order valence-corrected chi connectivity index (χ0v) is 15.3. The summed E-state index contributed by atoms with van der Waals surface area (Å²) in [6, 6.07) is 18.6. The number of rotatable bonds is 5. The van der Waals surface area contributed by atoms with Crippen LogP contribution < -0.4 is 0 Å². The average molecular weight is 349 g/mol. The van der Waals surface area contributed by atoms with Gasteiger partial charge in [0.05, 0.1) is 0 Å². The van der Waals surface area contributed by atoms with E-state index >= 15 is 0 Å². The molecular weight excluding hydrogens is 322 g/mol. The summed E-state index contributed by atoms with van der Waals surface area (Å²) in [5, 5.41) is 0. The largest absolute Gasteiger partial charge is 0.464 e. The van der Waals surface area contributed by atoms with Crippen LogP contribution >= 0.6 is 0 Å². The first-order valence-corrected chi connectivity index (χ1v) is 9.80. The predicted octanol–water partition coefficient (Wildman–Crippen LogP) is 3.75. The van der Waals surface area contributed by atoms with Crippen molar-refractivity contribution in [2.75, 3.05) is 26.2 Å². The number of hydrogen-bond donors (Lipinski definition) is 0. The van der Waals surface area contributed by atoms with Gasteiger partial charge in [0.15, 0.2) is 0 Å². The third-order valence-electron chi connectivity index (χ3n) is 5.91. The quantitative estimate of drug-likeness (QED) is 0.770. The van der Waals surface area contributed by atoms with Crippen molar-refractivity contribution in [2.45, 2.75) is 37.5 Å². The van der Waals surface area contributed by atoms with Gasteiger partial charge in [-0.1, -0.05) is 61.0 Å². The van der Waals surface area contributed by atoms with Crippen molar-refractivity contribution in [3.8, 4) is 0 Å². The smallest absolute Gasteiger partial charge is 0.317 e. The number of nitrogens with zero attached hydrogens (tertiary/aromatic N) is 1. The zero-order chi connectivity index (χ0) is 17.8. The van der Waals surface area contributed by atoms with E-state index in [1.54, 1.807) is 0 Å². The van der Waals surface area contributed by atoms with Gasteiger partial charge in [0.25, 0.3) is 0 Å². The zero-order valence-electron chi connectivity index (χ0n) is 15.3. The van der Waals surface area contributed by atoms with Gasteiger partial charge in [0, 0.05) is 6.54 Å². The predicted molar refractivity (Wildman–Crippen MR) is 103 cm³/mol. The van der Waals surface area contributed by atoms with Crippen LogP contribution in [-0.2, 0) is 27.8 Å². The maximum atomic E-state index is 13.2. The summed E-state index contributed by atoms with van der Waals surface area (Å²) < 4.78 is 5.84. The molecule has 26 heavy (non-hydrogen) atoms. The van der Waals surface area contributed by atoms with Crippen LogP contribution in [0.1, 0.15) is 36.0 Å². The lowest BCUT2D eigenvalue weighted by atomic mass is 9.78. The summed E-state index contributed by atoms with van der Waals surface area (Å²) in [7, 11) is 0. The summed E-state index contributed by atoms with van der Waals surface area (Å²) in [5.41, 5.74) is 3.03. The van der Waals surface area contributed by atoms with E-state index in [0.29, 0.717) is 6.61 Å². The highest BCUT2D eigenvalue weighted by atomic mass is 16.5. The Balaban J connectivity index is 1.50. The SMILES string of the molecule is O=C(OCCN1CCCCC1)C1(c2ccccc2)Cc2ccccc2C1. The number of hydrogen-bond acceptors (Lipinski definition) is 3. The number of piperidine rings is 1. The number of carbonyl (C=O) groups is 1. The minimum Gasteiger partial charge on any atom is -0.464 e. The Morgan fingerprint density at radius 3 is 2.15 bits per heavy atom. The summed E-state index contributed by atoms with van der Waals surface area (Å²) in [6.07, 6.45) is 5.31. The first-order chi connectivity index (χ1) is 12.8. The van der Waals surface area contributed by atoms with E-state index in [1.165, 1.54) is 30.4 Å². The molecule has 0 radical (unpaired) electrons. The van der Waals surface area contributed by atoms with E-state index in [2.05, 4.69) is 41.3 Å². The van der Waals surface area contributed by atoms with E-state index in [9.17, 15) is 4.79 Å². The fourth-order valence-electron chi connectivity index (χ4n) is 4.43. The standard InChI is InChI=1S/C23H27NO2/c25-22(26-16-15-24-13-7-2-8-14-24)23(21-11-3-1-4-12-21)17-19-9-5-6-10-20(19)18-23/h1,3-6,9-12H,2,7-8,13-18H2. The molecule has 2 aliphatic rings. The van der Waals surface area contributed by atoms with Crippen LogP contribution in [0.4, 0.5) is 0 Å². The molecule has 0 unspecified atom stereocenters. The summed E-state index contributed by atoms with van der Waals surface area (Å²) in [4.78, 5) is 15.6. The Morgan fingerprint density at radius 2 is 1.50 bits per heavy atom. The van der Waals surface area contributed by atoms with Gasteiger partial charge in [-0.05, 0) is 55.5 Å². The number of carbonyl (C=O) groups excluding carboxylic acids is 1. The monoisotopic (exact) mass is 349 g/mol. The second kappa shape index (κ2) is 7.63. The van der Waals surface area contributed by atoms with E-state index in [0.717, 1.165) is 38.0 Å². The van der Waals surface area contributed by atoms with Crippen molar-refractivity contribution in [3.05, 3.63) is 71.3 Å². The van der Waals surface area contributed by atoms with Crippen LogP contribution in [0.3, 0.4) is 0 Å². The molecule has 0 aromatic heterocycles. The van der Waals surface area contributed by atoms with Crippen molar-refractivity contribution >= 4 is 5.97 Å². The van der Waals surface area contributed by atoms with Gasteiger partial charge in [-0.3, -0.25) is 9.69 Å². The fourth-order valence-corrected chi connectivity index (χ4v) is 4.43. The number of likely N-dealkylation sites (tertiary alicyclic amines) is 1. The Bertz CT molecular complexity index is 725. The molecule has 0 amide bonds. The minimum absolute atomic E-state index is 0.0723. The van der Waals surface area contributed by atoms with Gasteiger partial charge < -0.3 is 4.74 Å². The highest BCUT2D eigenvalue weighted by Crippen LogP contribution is 2.40. The molecule has 2 aromatic carbocycles. The van der Waals surface area contributed by atoms with E-state index in [1.807, 2.05) is 18.2 Å². The van der Waals surface area contributed by atoms with E-state index < -0.39 is 5.41 Å². The lowest BCUT2D eigenvalue weighted by Crippen LogP contribution is -2.40. The van der Waals surface area contributed by atoms with E-state index in [4.69, 9.17) is 4.74 Å². The summed E-state index contributed by atoms with van der Waals surface area (Å²) in [5.74, 6) is -0.0723. The van der Waals surface area contributed by atoms with Crippen molar-refractivity contribution in [2.24, 2.45) is 0 Å². The van der Waals surface area contributed by atoms with Crippen molar-refractivity contribution in [3.63, 3.8) is 0 Å². The molecule has 2 aromatic rings. The molecule has 3 nitrogen and oxygen atoms in total. The molecule has 1 heterocycles. The van der Waals surface area contributed by atoms with Gasteiger partial charge in [0.1, 0.15) is 12.0 Å². The third-order valence-corrected chi connectivity index (χ3v) is 5.91. The molecule has 4 rings (SSSR count). The Morgan fingerprint density at radius 1 is 0.885 bits per heavy atom. The Kier molecular flexibility index (Phi) is 5.07. The molecule has 1 saturated heterocycles. The molecule has 1 fully saturated rings. The maximum Gasteiger partial charge on any atom is 0.317 e. The van der Waals surface area contributed by atoms with Crippen LogP contribution in [0.2, 0.25) is 0 Å². The molecule has 1 aliphatic heterocycles. The first kappa shape index (κ1) is 17.3. The second-order valence-electron chi connectivity index (χ2n) is 7.61. The van der Waals surface area contributed by atoms with Crippen molar-refractivity contribution in [1.29, 1.82) is 0 Å². The fraction of sp³-hybridized carbons (Fsp3) is 0.435. The second-order valence-corrected chi connectivity index (χ2v) is 7.61. The summed E-state index contributed by atoms with van der Waals surface area (Å²) >= 11 is 0. The molecule has 0 bridgehead atoms. The Hall–Kier alpha value is -2.13. The minimum atomic E-state index is -0.577. The number of esters is 1. The van der Waals surface area contributed by atoms with Crippen LogP contribution in [0, 0.1) is 0 Å². The van der Waals surface area contributed by atoms with Crippen LogP contribution in [-0.4, -0.2) is 37.1 Å². The van der Waals surface area contributed by atoms with Gasteiger partial charge in [-0.15, -0.1) is 0 Å². The van der Waals surface area contributed by atoms with Crippen molar-refractivity contribution < 1.29 is 9.53 Å². The molecule has 0 spiro atoms. The van der Waals surface area contributed by atoms with Gasteiger partial charge in [-0.25, -0.2) is 0 Å². The lowest BCUT2D eigenvalue weighted by Gasteiger charge is -2.29. The lowest BCUT2D eigenvalue weighted by molar-refractivity contribution is -0.151. The summed E-state index contributed by atoms with van der Waals surface area (Å²) in [6.45, 7) is 3.60. The normalized spacial score (nSPS) is 19.1. The van der Waals surface area contributed by atoms with Crippen molar-refractivity contribution in [1.82, 2.24) is 4.90 Å². The number of fused-ring (bicyclic) bond motifs is 1. The van der Waals surface area contributed by atoms with Crippen LogP contribution in [0.25, 0.3) is 0 Å². The maximum absolute atomic E-state index is 13.2. The number of ether oxygens (including phenoxy) is 1. The molecule has 3 heteroatoms. The highest BCUT2D eigenvalue weighted by Gasteiger charge is 2.46. The molecule has 0 N–H and O–H groups in total. The van der Waals surface area contributed by atoms with Gasteiger partial charge in [0.2, 0.25) is 0 Å². The number of benzene rings is 2. The molecule has 136 valence electrons. The molecule has 1 aliphatic carbocycles. The first-order valence-electron chi connectivity index (χ1n) is 9.80. The van der Waals surface area contributed by atoms with Crippen LogP contribution in [0.15, 0.2) is 54.6 Å². The van der Waals surface area contributed by atoms with Crippen LogP contribution in [0.5, 0.6) is 0 Å². The van der Waals surface area contributed by atoms with Gasteiger partial charge >= 0.3 is 5.97 Å². The Labute approximate surface area is 156 Å². The topological polar surface area (TPSA) is 29.5 Å². The molecular formula is C23H27NO2. The van der Waals surface area contributed by atoms with E-state index in [-0.39, 0.29) is 5.97 Å². The molecule has 0 atom stereocenters. The van der Waals surface area contributed by atoms with Gasteiger partial charge in [-0.2, -0.15) is 0 Å². The highest BCUT2D eigenvalue weighted by molar-refractivity contribution is 5.85. The average Bonchev–Trinajstić information content (AvgIpc) is 3.10. The third kappa shape index (κ3) is 3.41.